The summed E-state index contributed by atoms with van der Waals surface area (Å²) < 4.78 is 5.40. The molecule has 1 heterocycles. The van der Waals surface area contributed by atoms with Gasteiger partial charge in [0.15, 0.2) is 5.89 Å². The van der Waals surface area contributed by atoms with Crippen LogP contribution in [0.1, 0.15) is 43.8 Å². The van der Waals surface area contributed by atoms with E-state index in [1.165, 1.54) is 0 Å². The van der Waals surface area contributed by atoms with Crippen LogP contribution in [-0.4, -0.2) is 16.1 Å². The normalized spacial score (nSPS) is 20.1. The first-order valence-electron chi connectivity index (χ1n) is 5.31. The number of carboxylic acids is 1. The van der Waals surface area contributed by atoms with Crippen LogP contribution in [0, 0.1) is 6.92 Å². The number of carbonyl (C=O) groups is 1. The molecule has 82 valence electrons. The summed E-state index contributed by atoms with van der Waals surface area (Å²) in [6.07, 6.45) is 5.91. The average molecular weight is 209 g/mol. The fraction of sp³-hybridized carbons (Fsp3) is 0.636. The van der Waals surface area contributed by atoms with Gasteiger partial charge in [-0.05, 0) is 12.8 Å². The highest BCUT2D eigenvalue weighted by Crippen LogP contribution is 2.39. The third kappa shape index (κ3) is 1.64. The van der Waals surface area contributed by atoms with Gasteiger partial charge in [0.05, 0.1) is 6.20 Å². The van der Waals surface area contributed by atoms with Gasteiger partial charge in [0.25, 0.3) is 0 Å². The Hall–Kier alpha value is -1.32. The SMILES string of the molecule is Cc1ncc(C2(C(=O)O)CCCCC2)o1. The van der Waals surface area contributed by atoms with Gasteiger partial charge < -0.3 is 9.52 Å². The Morgan fingerprint density at radius 3 is 2.60 bits per heavy atom. The number of aromatic nitrogens is 1. The molecule has 0 atom stereocenters. The van der Waals surface area contributed by atoms with Crippen LogP contribution in [0.15, 0.2) is 10.6 Å². The number of rotatable bonds is 2. The van der Waals surface area contributed by atoms with Crippen LogP contribution in [0.5, 0.6) is 0 Å². The molecule has 1 aromatic rings. The van der Waals surface area contributed by atoms with Gasteiger partial charge in [0.1, 0.15) is 11.2 Å². The highest BCUT2D eigenvalue weighted by molar-refractivity contribution is 5.80. The molecular formula is C11H15NO3. The molecule has 2 rings (SSSR count). The monoisotopic (exact) mass is 209 g/mol. The van der Waals surface area contributed by atoms with Crippen molar-refractivity contribution in [1.29, 1.82) is 0 Å². The number of hydrogen-bond acceptors (Lipinski definition) is 3. The zero-order chi connectivity index (χ0) is 10.9. The Kier molecular flexibility index (Phi) is 2.50. The van der Waals surface area contributed by atoms with Crippen molar-refractivity contribution >= 4 is 5.97 Å². The van der Waals surface area contributed by atoms with Gasteiger partial charge in [-0.2, -0.15) is 0 Å². The fourth-order valence-electron chi connectivity index (χ4n) is 2.30. The Labute approximate surface area is 88.3 Å². The topological polar surface area (TPSA) is 63.3 Å². The summed E-state index contributed by atoms with van der Waals surface area (Å²) in [6, 6.07) is 0. The third-order valence-corrected chi connectivity index (χ3v) is 3.21. The molecule has 1 fully saturated rings. The third-order valence-electron chi connectivity index (χ3n) is 3.21. The van der Waals surface area contributed by atoms with Crippen LogP contribution in [0.4, 0.5) is 0 Å². The van der Waals surface area contributed by atoms with E-state index in [4.69, 9.17) is 4.42 Å². The molecule has 0 spiro atoms. The fourth-order valence-corrected chi connectivity index (χ4v) is 2.30. The molecule has 0 aliphatic heterocycles. The van der Waals surface area contributed by atoms with Crippen molar-refractivity contribution in [3.63, 3.8) is 0 Å². The van der Waals surface area contributed by atoms with E-state index in [0.29, 0.717) is 24.5 Å². The minimum absolute atomic E-state index is 0.521. The lowest BCUT2D eigenvalue weighted by atomic mass is 9.72. The molecular weight excluding hydrogens is 194 g/mol. The van der Waals surface area contributed by atoms with E-state index in [0.717, 1.165) is 19.3 Å². The second-order valence-electron chi connectivity index (χ2n) is 4.19. The van der Waals surface area contributed by atoms with E-state index < -0.39 is 11.4 Å². The van der Waals surface area contributed by atoms with Gasteiger partial charge in [0, 0.05) is 6.92 Å². The van der Waals surface area contributed by atoms with Crippen molar-refractivity contribution in [2.45, 2.75) is 44.4 Å². The molecule has 1 aliphatic rings. The average Bonchev–Trinajstić information content (AvgIpc) is 2.66. The van der Waals surface area contributed by atoms with Crippen molar-refractivity contribution in [2.75, 3.05) is 0 Å². The van der Waals surface area contributed by atoms with Crippen molar-refractivity contribution in [2.24, 2.45) is 0 Å². The van der Waals surface area contributed by atoms with Crippen LogP contribution in [0.25, 0.3) is 0 Å². The molecule has 0 bridgehead atoms. The maximum absolute atomic E-state index is 11.4. The minimum Gasteiger partial charge on any atom is -0.480 e. The van der Waals surface area contributed by atoms with Crippen LogP contribution < -0.4 is 0 Å². The zero-order valence-corrected chi connectivity index (χ0v) is 8.82. The van der Waals surface area contributed by atoms with E-state index in [1.807, 2.05) is 0 Å². The molecule has 0 saturated heterocycles. The summed E-state index contributed by atoms with van der Waals surface area (Å²) in [5.74, 6) is 0.279. The maximum atomic E-state index is 11.4. The van der Waals surface area contributed by atoms with Crippen molar-refractivity contribution < 1.29 is 14.3 Å². The largest absolute Gasteiger partial charge is 0.480 e. The Morgan fingerprint density at radius 2 is 2.13 bits per heavy atom. The number of aryl methyl sites for hydroxylation is 1. The first-order chi connectivity index (χ1) is 7.15. The van der Waals surface area contributed by atoms with E-state index >= 15 is 0 Å². The molecule has 1 aliphatic carbocycles. The van der Waals surface area contributed by atoms with E-state index in [1.54, 1.807) is 13.1 Å². The highest BCUT2D eigenvalue weighted by Gasteiger charge is 2.44. The number of hydrogen-bond donors (Lipinski definition) is 1. The summed E-state index contributed by atoms with van der Waals surface area (Å²) in [5.41, 5.74) is -0.820. The number of carboxylic acid groups (broad SMARTS) is 1. The molecule has 15 heavy (non-hydrogen) atoms. The van der Waals surface area contributed by atoms with E-state index in [2.05, 4.69) is 4.98 Å². The number of aliphatic carboxylic acids is 1. The first-order valence-corrected chi connectivity index (χ1v) is 5.31. The van der Waals surface area contributed by atoms with Crippen LogP contribution in [0.3, 0.4) is 0 Å². The minimum atomic E-state index is -0.820. The summed E-state index contributed by atoms with van der Waals surface area (Å²) in [7, 11) is 0. The van der Waals surface area contributed by atoms with Crippen LogP contribution in [-0.2, 0) is 10.2 Å². The van der Waals surface area contributed by atoms with Gasteiger partial charge in [-0.15, -0.1) is 0 Å². The standard InChI is InChI=1S/C11H15NO3/c1-8-12-7-9(15-8)11(10(13)14)5-3-2-4-6-11/h7H,2-6H2,1H3,(H,13,14). The van der Waals surface area contributed by atoms with Crippen molar-refractivity contribution in [3.05, 3.63) is 17.8 Å². The Morgan fingerprint density at radius 1 is 1.47 bits per heavy atom. The Balaban J connectivity index is 2.37. The summed E-state index contributed by atoms with van der Waals surface area (Å²) in [5, 5.41) is 9.36. The van der Waals surface area contributed by atoms with Crippen molar-refractivity contribution in [1.82, 2.24) is 4.98 Å². The summed E-state index contributed by atoms with van der Waals surface area (Å²) >= 11 is 0. The van der Waals surface area contributed by atoms with Crippen LogP contribution >= 0.6 is 0 Å². The smallest absolute Gasteiger partial charge is 0.317 e. The highest BCUT2D eigenvalue weighted by atomic mass is 16.4. The molecule has 0 unspecified atom stereocenters. The Bertz CT molecular complexity index is 364. The lowest BCUT2D eigenvalue weighted by molar-refractivity contribution is -0.146. The molecule has 1 aromatic heterocycles. The van der Waals surface area contributed by atoms with Gasteiger partial charge >= 0.3 is 5.97 Å². The molecule has 4 heteroatoms. The quantitative estimate of drug-likeness (QED) is 0.811. The second-order valence-corrected chi connectivity index (χ2v) is 4.19. The molecule has 1 N–H and O–H groups in total. The van der Waals surface area contributed by atoms with Crippen LogP contribution in [0.2, 0.25) is 0 Å². The molecule has 4 nitrogen and oxygen atoms in total. The van der Waals surface area contributed by atoms with Gasteiger partial charge in [-0.25, -0.2) is 4.98 Å². The lowest BCUT2D eigenvalue weighted by Gasteiger charge is -2.30. The zero-order valence-electron chi connectivity index (χ0n) is 8.82. The van der Waals surface area contributed by atoms with Gasteiger partial charge in [-0.3, -0.25) is 4.79 Å². The summed E-state index contributed by atoms with van der Waals surface area (Å²) in [4.78, 5) is 15.4. The molecule has 0 radical (unpaired) electrons. The summed E-state index contributed by atoms with van der Waals surface area (Å²) in [6.45, 7) is 1.74. The lowest BCUT2D eigenvalue weighted by Crippen LogP contribution is -2.37. The predicted octanol–water partition coefficient (Wildman–Crippen LogP) is 2.27. The molecule has 1 saturated carbocycles. The molecule has 0 amide bonds. The maximum Gasteiger partial charge on any atom is 0.317 e. The van der Waals surface area contributed by atoms with Gasteiger partial charge in [-0.1, -0.05) is 19.3 Å². The van der Waals surface area contributed by atoms with E-state index in [-0.39, 0.29) is 0 Å². The first kappa shape index (κ1) is 10.2. The van der Waals surface area contributed by atoms with Gasteiger partial charge in [0.2, 0.25) is 0 Å². The predicted molar refractivity (Wildman–Crippen MR) is 53.6 cm³/mol. The number of nitrogens with zero attached hydrogens (tertiary/aromatic N) is 1. The number of oxazole rings is 1. The van der Waals surface area contributed by atoms with E-state index in [9.17, 15) is 9.90 Å². The van der Waals surface area contributed by atoms with Crippen molar-refractivity contribution in [3.8, 4) is 0 Å². The second kappa shape index (κ2) is 3.68. The molecule has 0 aromatic carbocycles.